The molecule has 1 aromatic heterocycles. The van der Waals surface area contributed by atoms with E-state index >= 15 is 0 Å². The predicted octanol–water partition coefficient (Wildman–Crippen LogP) is 3.78. The highest BCUT2D eigenvalue weighted by Crippen LogP contribution is 2.24. The van der Waals surface area contributed by atoms with Crippen LogP contribution in [-0.2, 0) is 24.2 Å². The molecule has 0 spiro atoms. The lowest BCUT2D eigenvalue weighted by atomic mass is 9.89. The predicted molar refractivity (Wildman–Crippen MR) is 99.4 cm³/mol. The summed E-state index contributed by atoms with van der Waals surface area (Å²) in [7, 11) is 1.93. The molecule has 0 radical (unpaired) electrons. The SMILES string of the molecule is Cc1ccc(CN(C)CC(=O)N[C@@H](C)c2ccc3c(c2)CCCC3)o1. The van der Waals surface area contributed by atoms with E-state index in [0.29, 0.717) is 13.1 Å². The van der Waals surface area contributed by atoms with Crippen molar-refractivity contribution < 1.29 is 9.21 Å². The zero-order valence-corrected chi connectivity index (χ0v) is 15.5. The quantitative estimate of drug-likeness (QED) is 0.870. The number of furan rings is 1. The Morgan fingerprint density at radius 3 is 2.68 bits per heavy atom. The molecule has 0 bridgehead atoms. The molecule has 3 rings (SSSR count). The van der Waals surface area contributed by atoms with Crippen molar-refractivity contribution >= 4 is 5.91 Å². The zero-order valence-electron chi connectivity index (χ0n) is 15.5. The van der Waals surface area contributed by atoms with E-state index in [0.717, 1.165) is 17.9 Å². The Kier molecular flexibility index (Phi) is 5.59. The van der Waals surface area contributed by atoms with Crippen LogP contribution in [0.5, 0.6) is 0 Å². The van der Waals surface area contributed by atoms with Crippen molar-refractivity contribution in [3.8, 4) is 0 Å². The third-order valence-corrected chi connectivity index (χ3v) is 4.89. The molecule has 1 aromatic carbocycles. The Morgan fingerprint density at radius 1 is 1.20 bits per heavy atom. The minimum Gasteiger partial charge on any atom is -0.465 e. The first-order valence-corrected chi connectivity index (χ1v) is 9.16. The molecule has 0 aliphatic heterocycles. The normalized spacial score (nSPS) is 15.0. The van der Waals surface area contributed by atoms with Crippen LogP contribution in [0.15, 0.2) is 34.7 Å². The van der Waals surface area contributed by atoms with Crippen LogP contribution in [0.3, 0.4) is 0 Å². The summed E-state index contributed by atoms with van der Waals surface area (Å²) in [4.78, 5) is 14.3. The van der Waals surface area contributed by atoms with Crippen molar-refractivity contribution in [2.45, 2.75) is 52.1 Å². The van der Waals surface area contributed by atoms with Crippen LogP contribution in [0.25, 0.3) is 0 Å². The molecule has 25 heavy (non-hydrogen) atoms. The van der Waals surface area contributed by atoms with Crippen molar-refractivity contribution in [1.29, 1.82) is 0 Å². The Balaban J connectivity index is 1.53. The molecular formula is C21H28N2O2. The summed E-state index contributed by atoms with van der Waals surface area (Å²) in [6, 6.07) is 10.6. The molecule has 4 nitrogen and oxygen atoms in total. The molecule has 1 aliphatic carbocycles. The topological polar surface area (TPSA) is 45.5 Å². The first-order valence-electron chi connectivity index (χ1n) is 9.16. The van der Waals surface area contributed by atoms with Crippen molar-refractivity contribution in [2.24, 2.45) is 0 Å². The Morgan fingerprint density at radius 2 is 1.96 bits per heavy atom. The van der Waals surface area contributed by atoms with Crippen LogP contribution in [0, 0.1) is 6.92 Å². The van der Waals surface area contributed by atoms with Gasteiger partial charge in [0.15, 0.2) is 0 Å². The fourth-order valence-electron chi connectivity index (χ4n) is 3.53. The standard InChI is InChI=1S/C21H28N2O2/c1-15-8-11-20(25-15)13-23(3)14-21(24)22-16(2)18-10-9-17-6-4-5-7-19(17)12-18/h8-12,16H,4-7,13-14H2,1-3H3,(H,22,24)/t16-/m0/s1. The minimum absolute atomic E-state index is 0.0268. The van der Waals surface area contributed by atoms with Crippen LogP contribution in [0.4, 0.5) is 0 Å². The largest absolute Gasteiger partial charge is 0.465 e. The van der Waals surface area contributed by atoms with E-state index in [-0.39, 0.29) is 11.9 Å². The summed E-state index contributed by atoms with van der Waals surface area (Å²) in [6.07, 6.45) is 4.91. The molecule has 4 heteroatoms. The van der Waals surface area contributed by atoms with Gasteiger partial charge in [0.2, 0.25) is 5.91 Å². The van der Waals surface area contributed by atoms with E-state index in [4.69, 9.17) is 4.42 Å². The van der Waals surface area contributed by atoms with Gasteiger partial charge in [0, 0.05) is 0 Å². The van der Waals surface area contributed by atoms with Crippen molar-refractivity contribution in [2.75, 3.05) is 13.6 Å². The second-order valence-corrected chi connectivity index (χ2v) is 7.21. The number of carbonyl (C=O) groups excluding carboxylic acids is 1. The van der Waals surface area contributed by atoms with Crippen molar-refractivity contribution in [1.82, 2.24) is 10.2 Å². The molecule has 1 aliphatic rings. The van der Waals surface area contributed by atoms with E-state index in [1.807, 2.05) is 31.0 Å². The van der Waals surface area contributed by atoms with E-state index in [1.54, 1.807) is 0 Å². The Labute approximate surface area is 150 Å². The molecule has 0 fully saturated rings. The molecule has 1 atom stereocenters. The van der Waals surface area contributed by atoms with Crippen LogP contribution in [0.1, 0.15) is 54.0 Å². The number of nitrogens with one attached hydrogen (secondary N) is 1. The summed E-state index contributed by atoms with van der Waals surface area (Å²) in [5.74, 6) is 1.82. The first kappa shape index (κ1) is 17.7. The number of nitrogens with zero attached hydrogens (tertiary/aromatic N) is 1. The van der Waals surface area contributed by atoms with Gasteiger partial charge >= 0.3 is 0 Å². The highest BCUT2D eigenvalue weighted by Gasteiger charge is 2.15. The lowest BCUT2D eigenvalue weighted by Crippen LogP contribution is -2.36. The lowest BCUT2D eigenvalue weighted by Gasteiger charge is -2.21. The number of amides is 1. The van der Waals surface area contributed by atoms with Gasteiger partial charge < -0.3 is 9.73 Å². The maximum absolute atomic E-state index is 12.3. The average Bonchev–Trinajstić information content (AvgIpc) is 2.98. The van der Waals surface area contributed by atoms with Crippen molar-refractivity contribution in [3.63, 3.8) is 0 Å². The monoisotopic (exact) mass is 340 g/mol. The maximum Gasteiger partial charge on any atom is 0.234 e. The molecular weight excluding hydrogens is 312 g/mol. The van der Waals surface area contributed by atoms with Crippen LogP contribution >= 0.6 is 0 Å². The number of carbonyl (C=O) groups is 1. The van der Waals surface area contributed by atoms with E-state index < -0.39 is 0 Å². The van der Waals surface area contributed by atoms with Gasteiger partial charge in [-0.15, -0.1) is 0 Å². The highest BCUT2D eigenvalue weighted by molar-refractivity contribution is 5.78. The van der Waals surface area contributed by atoms with Gasteiger partial charge in [-0.05, 0) is 75.4 Å². The smallest absolute Gasteiger partial charge is 0.234 e. The highest BCUT2D eigenvalue weighted by atomic mass is 16.3. The fraction of sp³-hybridized carbons (Fsp3) is 0.476. The summed E-state index contributed by atoms with van der Waals surface area (Å²) in [5.41, 5.74) is 4.12. The minimum atomic E-state index is 0.0268. The van der Waals surface area contributed by atoms with Gasteiger partial charge in [-0.25, -0.2) is 0 Å². The molecule has 0 saturated carbocycles. The van der Waals surface area contributed by atoms with E-state index in [1.165, 1.54) is 36.0 Å². The number of likely N-dealkylation sites (N-methyl/N-ethyl adjacent to an activating group) is 1. The Hall–Kier alpha value is -2.07. The van der Waals surface area contributed by atoms with Gasteiger partial charge in [0.05, 0.1) is 19.1 Å². The number of aryl methyl sites for hydroxylation is 3. The fourth-order valence-corrected chi connectivity index (χ4v) is 3.53. The second kappa shape index (κ2) is 7.87. The molecule has 1 amide bonds. The molecule has 1 N–H and O–H groups in total. The summed E-state index contributed by atoms with van der Waals surface area (Å²) < 4.78 is 5.57. The molecule has 1 heterocycles. The van der Waals surface area contributed by atoms with E-state index in [2.05, 4.69) is 30.4 Å². The third kappa shape index (κ3) is 4.73. The summed E-state index contributed by atoms with van der Waals surface area (Å²) >= 11 is 0. The number of hydrogen-bond donors (Lipinski definition) is 1. The zero-order chi connectivity index (χ0) is 17.8. The number of fused-ring (bicyclic) bond motifs is 1. The van der Waals surface area contributed by atoms with Gasteiger partial charge in [0.1, 0.15) is 11.5 Å². The van der Waals surface area contributed by atoms with Gasteiger partial charge in [-0.3, -0.25) is 9.69 Å². The molecule has 0 saturated heterocycles. The van der Waals surface area contributed by atoms with Crippen LogP contribution < -0.4 is 5.32 Å². The van der Waals surface area contributed by atoms with Gasteiger partial charge in [-0.2, -0.15) is 0 Å². The van der Waals surface area contributed by atoms with Crippen LogP contribution in [-0.4, -0.2) is 24.4 Å². The van der Waals surface area contributed by atoms with E-state index in [9.17, 15) is 4.79 Å². The number of rotatable bonds is 6. The van der Waals surface area contributed by atoms with Crippen molar-refractivity contribution in [3.05, 3.63) is 58.5 Å². The second-order valence-electron chi connectivity index (χ2n) is 7.21. The molecule has 0 unspecified atom stereocenters. The molecule has 2 aromatic rings. The first-order chi connectivity index (χ1) is 12.0. The third-order valence-electron chi connectivity index (χ3n) is 4.89. The lowest BCUT2D eigenvalue weighted by molar-refractivity contribution is -0.122. The average molecular weight is 340 g/mol. The van der Waals surface area contributed by atoms with Crippen LogP contribution in [0.2, 0.25) is 0 Å². The maximum atomic E-state index is 12.3. The summed E-state index contributed by atoms with van der Waals surface area (Å²) in [5, 5.41) is 3.11. The number of hydrogen-bond acceptors (Lipinski definition) is 3. The van der Waals surface area contributed by atoms with Gasteiger partial charge in [0.25, 0.3) is 0 Å². The molecule has 134 valence electrons. The summed E-state index contributed by atoms with van der Waals surface area (Å²) in [6.45, 7) is 4.97. The van der Waals surface area contributed by atoms with Gasteiger partial charge in [-0.1, -0.05) is 18.2 Å². The Bertz CT molecular complexity index is 735. The number of benzene rings is 1.